The zero-order valence-corrected chi connectivity index (χ0v) is 34.2. The number of carbonyl (C=O) groups excluding carboxylic acids is 4. The van der Waals surface area contributed by atoms with E-state index in [4.69, 9.17) is 44.8 Å². The molecule has 0 aromatic heterocycles. The van der Waals surface area contributed by atoms with Gasteiger partial charge in [-0.1, -0.05) is 80.1 Å². The summed E-state index contributed by atoms with van der Waals surface area (Å²) < 4.78 is 40.6. The Kier molecular flexibility index (Phi) is 28.3. The number of ketones is 1. The van der Waals surface area contributed by atoms with Crippen LogP contribution in [0.15, 0.2) is 24.3 Å². The van der Waals surface area contributed by atoms with E-state index in [2.05, 4.69) is 38.7 Å². The number of Topliss-reactive ketones (excluding diaryl/α,β-unsaturated/α-hetero) is 1. The second-order valence-corrected chi connectivity index (χ2v) is 16.1. The maximum atomic E-state index is 12.0. The van der Waals surface area contributed by atoms with Gasteiger partial charge < -0.3 is 43.0 Å². The minimum absolute atomic E-state index is 0.0385. The van der Waals surface area contributed by atoms with Gasteiger partial charge in [0.15, 0.2) is 12.4 Å². The molecule has 0 spiro atoms. The van der Waals surface area contributed by atoms with Crippen LogP contribution in [0.2, 0.25) is 0 Å². The Morgan fingerprint density at radius 3 is 1.57 bits per heavy atom. The third kappa shape index (κ3) is 40.2. The molecule has 300 valence electrons. The maximum Gasteiger partial charge on any atom is 0.333 e. The van der Waals surface area contributed by atoms with Crippen LogP contribution in [0, 0.1) is 16.7 Å². The van der Waals surface area contributed by atoms with Crippen LogP contribution in [0.1, 0.15) is 96.4 Å². The van der Waals surface area contributed by atoms with E-state index in [1.54, 1.807) is 20.8 Å². The van der Waals surface area contributed by atoms with Gasteiger partial charge in [-0.05, 0) is 51.4 Å². The van der Waals surface area contributed by atoms with Crippen LogP contribution in [0.4, 0.5) is 0 Å². The van der Waals surface area contributed by atoms with Crippen molar-refractivity contribution < 1.29 is 62.2 Å². The second kappa shape index (κ2) is 27.2. The molecule has 1 atom stereocenters. The molecule has 51 heavy (non-hydrogen) atoms. The summed E-state index contributed by atoms with van der Waals surface area (Å²) in [4.78, 5) is 45.8. The molecule has 0 fully saturated rings. The number of carbonyl (C=O) groups is 4. The number of alkyl halides is 1. The van der Waals surface area contributed by atoms with Gasteiger partial charge in [0, 0.05) is 11.1 Å². The molecule has 1 N–H and O–H groups in total. The first-order valence-corrected chi connectivity index (χ1v) is 17.2. The zero-order chi connectivity index (χ0) is 40.5. The molecule has 0 aliphatic carbocycles. The first-order chi connectivity index (χ1) is 23.1. The third-order valence-corrected chi connectivity index (χ3v) is 5.15. The van der Waals surface area contributed by atoms with Gasteiger partial charge in [-0.2, -0.15) is 0 Å². The molecule has 0 aliphatic heterocycles. The summed E-state index contributed by atoms with van der Waals surface area (Å²) in [5.41, 5.74) is -1.64. The summed E-state index contributed by atoms with van der Waals surface area (Å²) in [6, 6.07) is 0.303. The lowest BCUT2D eigenvalue weighted by atomic mass is 9.99. The summed E-state index contributed by atoms with van der Waals surface area (Å²) in [5.74, 6) is -1.82. The fourth-order valence-electron chi connectivity index (χ4n) is 2.91. The zero-order valence-electron chi connectivity index (χ0n) is 33.5. The van der Waals surface area contributed by atoms with Crippen LogP contribution in [-0.2, 0) is 57.1 Å². The molecule has 0 bridgehead atoms. The number of halogens is 1. The summed E-state index contributed by atoms with van der Waals surface area (Å²) in [5, 5.41) is 10.6. The fraction of sp³-hybridized carbons (Fsp3) is 0.784. The number of ether oxygens (including phenoxy) is 8. The van der Waals surface area contributed by atoms with Crippen LogP contribution < -0.4 is 0 Å². The smallest absolute Gasteiger partial charge is 0.333 e. The molecule has 0 saturated carbocycles. The lowest BCUT2D eigenvalue weighted by Gasteiger charge is -2.28. The van der Waals surface area contributed by atoms with Gasteiger partial charge in [0.05, 0.1) is 32.8 Å². The van der Waals surface area contributed by atoms with Gasteiger partial charge in [-0.25, -0.2) is 9.59 Å². The monoisotopic (exact) mass is 754 g/mol. The summed E-state index contributed by atoms with van der Waals surface area (Å²) >= 11 is 5.29. The molecule has 0 aromatic carbocycles. The van der Waals surface area contributed by atoms with Crippen molar-refractivity contribution in [1.29, 1.82) is 0 Å². The van der Waals surface area contributed by atoms with E-state index in [0.29, 0.717) is 25.2 Å². The first kappa shape index (κ1) is 53.0. The molecular weight excluding hydrogens is 688 g/mol. The van der Waals surface area contributed by atoms with E-state index in [1.165, 1.54) is 13.8 Å². The Morgan fingerprint density at radius 2 is 1.14 bits per heavy atom. The SMILES string of the molecule is C=C(C)C(=O)OCC(=O)COCOCC(C)(C)C.C=C(C)C(=O)OCC(O)(COCOCC(C)C)CC(=O)OC(C)(C)C.CC(C)(C)COCCl. The van der Waals surface area contributed by atoms with Crippen molar-refractivity contribution in [1.82, 2.24) is 0 Å². The summed E-state index contributed by atoms with van der Waals surface area (Å²) in [7, 11) is 0. The molecule has 0 saturated heterocycles. The molecule has 1 unspecified atom stereocenters. The Labute approximate surface area is 311 Å². The van der Waals surface area contributed by atoms with Crippen LogP contribution in [0.3, 0.4) is 0 Å². The van der Waals surface area contributed by atoms with Crippen molar-refractivity contribution in [3.05, 3.63) is 24.3 Å². The van der Waals surface area contributed by atoms with Crippen molar-refractivity contribution >= 4 is 35.3 Å². The highest BCUT2D eigenvalue weighted by Gasteiger charge is 2.35. The normalized spacial score (nSPS) is 12.7. The van der Waals surface area contributed by atoms with Crippen molar-refractivity contribution in [2.45, 2.75) is 108 Å². The van der Waals surface area contributed by atoms with Crippen LogP contribution in [0.25, 0.3) is 0 Å². The molecule has 13 nitrogen and oxygen atoms in total. The summed E-state index contributed by atoms with van der Waals surface area (Å²) in [6.45, 7) is 32.2. The average molecular weight is 755 g/mol. The van der Waals surface area contributed by atoms with Gasteiger partial charge >= 0.3 is 17.9 Å². The number of esters is 3. The highest BCUT2D eigenvalue weighted by molar-refractivity contribution is 6.17. The Bertz CT molecular complexity index is 1040. The molecule has 0 amide bonds. The average Bonchev–Trinajstić information content (AvgIpc) is 2.95. The molecular formula is C37H67ClO13. The van der Waals surface area contributed by atoms with Gasteiger partial charge in [-0.15, -0.1) is 0 Å². The van der Waals surface area contributed by atoms with Gasteiger partial charge in [-0.3, -0.25) is 9.59 Å². The molecule has 0 radical (unpaired) electrons. The second-order valence-electron chi connectivity index (χ2n) is 15.9. The topological polar surface area (TPSA) is 162 Å². The van der Waals surface area contributed by atoms with E-state index >= 15 is 0 Å². The van der Waals surface area contributed by atoms with Crippen molar-refractivity contribution in [3.8, 4) is 0 Å². The van der Waals surface area contributed by atoms with Crippen LogP contribution in [-0.4, -0.2) is 106 Å². The van der Waals surface area contributed by atoms with Crippen LogP contribution in [0.5, 0.6) is 0 Å². The quantitative estimate of drug-likeness (QED) is 0.0354. The fourth-order valence-corrected chi connectivity index (χ4v) is 2.98. The Balaban J connectivity index is -0.000000768. The number of rotatable bonds is 21. The molecule has 14 heteroatoms. The van der Waals surface area contributed by atoms with Crippen molar-refractivity contribution in [3.63, 3.8) is 0 Å². The van der Waals surface area contributed by atoms with Gasteiger partial charge in [0.1, 0.15) is 44.1 Å². The number of hydrogen-bond acceptors (Lipinski definition) is 13. The standard InChI is InChI=1S/C18H32O7.C13H22O5.C6H13ClO/c1-13(2)9-22-12-23-10-18(21,11-24-16(20)14(3)4)8-15(19)25-17(5,6)7;1-10(2)12(15)18-7-11(14)6-16-9-17-8-13(3,4)5;1-6(2,3)4-8-5-7/h13,21H,3,8-12H2,1-2,4-7H3;1,6-9H2,2-5H3;4-5H2,1-3H3. The molecule has 0 heterocycles. The van der Waals surface area contributed by atoms with E-state index in [-0.39, 0.29) is 67.6 Å². The van der Waals surface area contributed by atoms with Crippen molar-refractivity contribution in [2.24, 2.45) is 16.7 Å². The number of aliphatic hydroxyl groups is 1. The van der Waals surface area contributed by atoms with Crippen molar-refractivity contribution in [2.75, 3.05) is 65.9 Å². The molecule has 0 rings (SSSR count). The number of hydrogen-bond donors (Lipinski definition) is 1. The lowest BCUT2D eigenvalue weighted by Crippen LogP contribution is -2.44. The minimum atomic E-state index is -1.71. The van der Waals surface area contributed by atoms with E-state index in [1.807, 2.05) is 34.6 Å². The predicted octanol–water partition coefficient (Wildman–Crippen LogP) is 6.17. The Morgan fingerprint density at radius 1 is 0.667 bits per heavy atom. The maximum absolute atomic E-state index is 12.0. The first-order valence-electron chi connectivity index (χ1n) is 16.7. The predicted molar refractivity (Wildman–Crippen MR) is 196 cm³/mol. The third-order valence-electron chi connectivity index (χ3n) is 4.99. The Hall–Kier alpha value is -2.39. The summed E-state index contributed by atoms with van der Waals surface area (Å²) in [6.07, 6.45) is -0.377. The molecule has 0 aliphatic rings. The highest BCUT2D eigenvalue weighted by Crippen LogP contribution is 2.18. The lowest BCUT2D eigenvalue weighted by molar-refractivity contribution is -0.177. The van der Waals surface area contributed by atoms with E-state index in [9.17, 15) is 24.3 Å². The highest BCUT2D eigenvalue weighted by atomic mass is 35.5. The van der Waals surface area contributed by atoms with E-state index < -0.39 is 35.7 Å². The van der Waals surface area contributed by atoms with Gasteiger partial charge in [0.2, 0.25) is 0 Å². The van der Waals surface area contributed by atoms with Gasteiger partial charge in [0.25, 0.3) is 0 Å². The van der Waals surface area contributed by atoms with E-state index in [0.717, 1.165) is 6.61 Å². The largest absolute Gasteiger partial charge is 0.460 e. The minimum Gasteiger partial charge on any atom is -0.460 e. The van der Waals surface area contributed by atoms with Crippen LogP contribution >= 0.6 is 11.6 Å². The molecule has 0 aromatic rings.